The van der Waals surface area contributed by atoms with Crippen molar-refractivity contribution in [2.45, 2.75) is 6.04 Å². The number of hydrazone groups is 1. The third-order valence-corrected chi connectivity index (χ3v) is 5.03. The van der Waals surface area contributed by atoms with E-state index in [1.807, 2.05) is 82.5 Å². The topological polar surface area (TPSA) is 52.9 Å². The number of hydrogen-bond donors (Lipinski definition) is 1. The molecule has 0 spiro atoms. The molecular weight excluding hydrogens is 332 g/mol. The van der Waals surface area contributed by atoms with Crippen molar-refractivity contribution in [3.05, 3.63) is 88.6 Å². The summed E-state index contributed by atoms with van der Waals surface area (Å²) in [4.78, 5) is 12.2. The van der Waals surface area contributed by atoms with E-state index in [0.717, 1.165) is 16.8 Å². The van der Waals surface area contributed by atoms with Crippen LogP contribution in [0.5, 0.6) is 0 Å². The van der Waals surface area contributed by atoms with Crippen LogP contribution in [0.4, 0.5) is 5.69 Å². The fourth-order valence-electron chi connectivity index (χ4n) is 3.21. The van der Waals surface area contributed by atoms with Gasteiger partial charge in [-0.3, -0.25) is 9.80 Å². The molecule has 0 fully saturated rings. The summed E-state index contributed by atoms with van der Waals surface area (Å²) in [5.74, 6) is -1.59. The van der Waals surface area contributed by atoms with Gasteiger partial charge in [0.2, 0.25) is 0 Å². The molecule has 0 aliphatic carbocycles. The monoisotopic (exact) mass is 348 g/mol. The van der Waals surface area contributed by atoms with Crippen molar-refractivity contribution < 1.29 is 9.90 Å². The number of carboxylic acids is 1. The highest BCUT2D eigenvalue weighted by Crippen LogP contribution is 2.41. The average Bonchev–Trinajstić information content (AvgIpc) is 3.30. The standard InChI is InChI=1S/C20H16N2O2S/c23-20(24)17-18(14-7-3-1-4-8-14)21-22(16-9-5-2-6-10-16)19(17)15-11-12-25-13-15/h1-13,17,19H,(H,23,24). The van der Waals surface area contributed by atoms with Crippen molar-refractivity contribution >= 4 is 28.7 Å². The van der Waals surface area contributed by atoms with Crippen LogP contribution < -0.4 is 5.01 Å². The molecule has 4 nitrogen and oxygen atoms in total. The largest absolute Gasteiger partial charge is 0.481 e. The van der Waals surface area contributed by atoms with Gasteiger partial charge < -0.3 is 5.11 Å². The molecule has 2 atom stereocenters. The number of aliphatic carboxylic acids is 1. The Bertz CT molecular complexity index is 892. The fraction of sp³-hybridized carbons (Fsp3) is 0.100. The Hall–Kier alpha value is -2.92. The molecule has 2 heterocycles. The third kappa shape index (κ3) is 2.83. The van der Waals surface area contributed by atoms with Crippen molar-refractivity contribution in [2.75, 3.05) is 5.01 Å². The molecule has 25 heavy (non-hydrogen) atoms. The molecule has 0 bridgehead atoms. The van der Waals surface area contributed by atoms with Gasteiger partial charge in [0.05, 0.1) is 17.4 Å². The highest BCUT2D eigenvalue weighted by atomic mass is 32.1. The van der Waals surface area contributed by atoms with Gasteiger partial charge in [0.15, 0.2) is 0 Å². The lowest BCUT2D eigenvalue weighted by Crippen LogP contribution is -2.31. The molecule has 4 rings (SSSR count). The van der Waals surface area contributed by atoms with Crippen LogP contribution in [0.3, 0.4) is 0 Å². The van der Waals surface area contributed by atoms with Crippen molar-refractivity contribution in [3.63, 3.8) is 0 Å². The molecule has 2 unspecified atom stereocenters. The molecule has 1 aliphatic rings. The molecular formula is C20H16N2O2S. The minimum Gasteiger partial charge on any atom is -0.481 e. The maximum atomic E-state index is 12.2. The van der Waals surface area contributed by atoms with E-state index in [4.69, 9.17) is 5.10 Å². The van der Waals surface area contributed by atoms with Crippen LogP contribution >= 0.6 is 11.3 Å². The minimum atomic E-state index is -0.864. The molecule has 1 N–H and O–H groups in total. The van der Waals surface area contributed by atoms with Crippen LogP contribution in [0.1, 0.15) is 17.2 Å². The Labute approximate surface area is 149 Å². The van der Waals surface area contributed by atoms with Gasteiger partial charge in [-0.1, -0.05) is 48.5 Å². The summed E-state index contributed by atoms with van der Waals surface area (Å²) >= 11 is 1.56. The van der Waals surface area contributed by atoms with Gasteiger partial charge in [0, 0.05) is 0 Å². The van der Waals surface area contributed by atoms with E-state index in [1.54, 1.807) is 11.3 Å². The van der Waals surface area contributed by atoms with Crippen LogP contribution in [0.2, 0.25) is 0 Å². The van der Waals surface area contributed by atoms with Crippen molar-refractivity contribution in [2.24, 2.45) is 11.0 Å². The highest BCUT2D eigenvalue weighted by molar-refractivity contribution is 7.08. The number of para-hydroxylation sites is 1. The molecule has 124 valence electrons. The molecule has 1 aliphatic heterocycles. The predicted molar refractivity (Wildman–Crippen MR) is 100 cm³/mol. The molecule has 0 amide bonds. The fourth-order valence-corrected chi connectivity index (χ4v) is 3.89. The number of benzene rings is 2. The lowest BCUT2D eigenvalue weighted by atomic mass is 9.88. The summed E-state index contributed by atoms with van der Waals surface area (Å²) in [7, 11) is 0. The van der Waals surface area contributed by atoms with Crippen LogP contribution in [0.15, 0.2) is 82.6 Å². The van der Waals surface area contributed by atoms with Gasteiger partial charge in [-0.05, 0) is 40.1 Å². The second kappa shape index (κ2) is 6.53. The first kappa shape index (κ1) is 15.6. The van der Waals surface area contributed by atoms with Crippen molar-refractivity contribution in [1.82, 2.24) is 0 Å². The van der Waals surface area contributed by atoms with Gasteiger partial charge in [-0.15, -0.1) is 0 Å². The first-order valence-electron chi connectivity index (χ1n) is 7.99. The van der Waals surface area contributed by atoms with Crippen LogP contribution in [0, 0.1) is 5.92 Å². The summed E-state index contributed by atoms with van der Waals surface area (Å²) in [5, 5.41) is 20.5. The number of carboxylic acid groups (broad SMARTS) is 1. The minimum absolute atomic E-state index is 0.360. The number of nitrogens with zero attached hydrogens (tertiary/aromatic N) is 2. The Morgan fingerprint density at radius 1 is 1.00 bits per heavy atom. The lowest BCUT2D eigenvalue weighted by molar-refractivity contribution is -0.139. The maximum absolute atomic E-state index is 12.2. The quantitative estimate of drug-likeness (QED) is 0.759. The Kier molecular flexibility index (Phi) is 4.07. The average molecular weight is 348 g/mol. The molecule has 0 saturated heterocycles. The summed E-state index contributed by atoms with van der Waals surface area (Å²) in [5.41, 5.74) is 3.29. The van der Waals surface area contributed by atoms with Crippen molar-refractivity contribution in [3.8, 4) is 0 Å². The Morgan fingerprint density at radius 3 is 2.28 bits per heavy atom. The number of carbonyl (C=O) groups is 1. The first-order valence-corrected chi connectivity index (χ1v) is 8.93. The maximum Gasteiger partial charge on any atom is 0.315 e. The zero-order valence-corrected chi connectivity index (χ0v) is 14.1. The third-order valence-electron chi connectivity index (χ3n) is 4.33. The van der Waals surface area contributed by atoms with Gasteiger partial charge in [-0.2, -0.15) is 16.4 Å². The normalized spacial score (nSPS) is 19.7. The smallest absolute Gasteiger partial charge is 0.315 e. The molecule has 0 radical (unpaired) electrons. The SMILES string of the molecule is O=C(O)C1C(c2ccccc2)=NN(c2ccccc2)C1c1ccsc1. The second-order valence-corrected chi connectivity index (χ2v) is 6.63. The summed E-state index contributed by atoms with van der Waals surface area (Å²) < 4.78 is 0. The Morgan fingerprint density at radius 2 is 1.68 bits per heavy atom. The predicted octanol–water partition coefficient (Wildman–Crippen LogP) is 4.41. The van der Waals surface area contributed by atoms with Crippen LogP contribution in [-0.4, -0.2) is 16.8 Å². The molecule has 5 heteroatoms. The first-order chi connectivity index (χ1) is 12.3. The van der Waals surface area contributed by atoms with Crippen molar-refractivity contribution in [1.29, 1.82) is 0 Å². The molecule has 3 aromatic rings. The number of thiophene rings is 1. The van der Waals surface area contributed by atoms with Gasteiger partial charge in [-0.25, -0.2) is 0 Å². The summed E-state index contributed by atoms with van der Waals surface area (Å²) in [6.07, 6.45) is 0. The highest BCUT2D eigenvalue weighted by Gasteiger charge is 2.44. The zero-order chi connectivity index (χ0) is 17.2. The Balaban J connectivity index is 1.87. The summed E-state index contributed by atoms with van der Waals surface area (Å²) in [6.45, 7) is 0. The number of rotatable bonds is 4. The zero-order valence-electron chi connectivity index (χ0n) is 13.3. The number of anilines is 1. The van der Waals surface area contributed by atoms with E-state index >= 15 is 0 Å². The van der Waals surface area contributed by atoms with E-state index in [9.17, 15) is 9.90 Å². The van der Waals surface area contributed by atoms with Crippen LogP contribution in [-0.2, 0) is 4.79 Å². The molecule has 0 saturated carbocycles. The van der Waals surface area contributed by atoms with Gasteiger partial charge in [0.1, 0.15) is 5.92 Å². The van der Waals surface area contributed by atoms with Gasteiger partial charge in [0.25, 0.3) is 0 Å². The lowest BCUT2D eigenvalue weighted by Gasteiger charge is -2.25. The van der Waals surface area contributed by atoms with E-state index in [0.29, 0.717) is 5.71 Å². The number of hydrogen-bond acceptors (Lipinski definition) is 4. The summed E-state index contributed by atoms with van der Waals surface area (Å²) in [6, 6.07) is 20.9. The second-order valence-electron chi connectivity index (χ2n) is 5.85. The van der Waals surface area contributed by atoms with Gasteiger partial charge >= 0.3 is 5.97 Å². The molecule has 1 aromatic heterocycles. The van der Waals surface area contributed by atoms with E-state index in [-0.39, 0.29) is 6.04 Å². The van der Waals surface area contributed by atoms with Crippen LogP contribution in [0.25, 0.3) is 0 Å². The van der Waals surface area contributed by atoms with E-state index in [1.165, 1.54) is 0 Å². The van der Waals surface area contributed by atoms with E-state index < -0.39 is 11.9 Å². The van der Waals surface area contributed by atoms with E-state index in [2.05, 4.69) is 0 Å². The molecule has 2 aromatic carbocycles.